The van der Waals surface area contributed by atoms with Crippen LogP contribution in [0.25, 0.3) is 11.0 Å². The molecule has 2 aromatic rings. The van der Waals surface area contributed by atoms with Gasteiger partial charge in [-0.05, 0) is 44.4 Å². The lowest BCUT2D eigenvalue weighted by Gasteiger charge is -2.10. The van der Waals surface area contributed by atoms with E-state index in [4.69, 9.17) is 4.42 Å². The van der Waals surface area contributed by atoms with Crippen molar-refractivity contribution in [1.29, 1.82) is 0 Å². The van der Waals surface area contributed by atoms with E-state index in [0.29, 0.717) is 24.1 Å². The molecule has 23 heavy (non-hydrogen) atoms. The van der Waals surface area contributed by atoms with Gasteiger partial charge in [0.15, 0.2) is 5.96 Å². The summed E-state index contributed by atoms with van der Waals surface area (Å²) in [5.41, 5.74) is 1.66. The van der Waals surface area contributed by atoms with Crippen molar-refractivity contribution in [3.8, 4) is 0 Å². The maximum absolute atomic E-state index is 13.3. The van der Waals surface area contributed by atoms with E-state index < -0.39 is 0 Å². The molecule has 2 atom stereocenters. The lowest BCUT2D eigenvalue weighted by atomic mass is 10.1. The Labute approximate surface area is 152 Å². The van der Waals surface area contributed by atoms with Crippen molar-refractivity contribution < 1.29 is 8.81 Å². The quantitative estimate of drug-likeness (QED) is 0.438. The lowest BCUT2D eigenvalue weighted by molar-refractivity contribution is 0.547. The summed E-state index contributed by atoms with van der Waals surface area (Å²) in [5.74, 6) is 2.05. The summed E-state index contributed by atoms with van der Waals surface area (Å²) < 4.78 is 19.1. The monoisotopic (exact) mass is 431 g/mol. The summed E-state index contributed by atoms with van der Waals surface area (Å²) in [7, 11) is 0. The van der Waals surface area contributed by atoms with Crippen LogP contribution in [0, 0.1) is 18.7 Å². The average Bonchev–Trinajstić information content (AvgIpc) is 3.09. The minimum atomic E-state index is -0.246. The highest BCUT2D eigenvalue weighted by Crippen LogP contribution is 2.29. The van der Waals surface area contributed by atoms with E-state index in [-0.39, 0.29) is 29.8 Å². The van der Waals surface area contributed by atoms with Gasteiger partial charge in [0.1, 0.15) is 23.7 Å². The topological polar surface area (TPSA) is 49.6 Å². The van der Waals surface area contributed by atoms with Gasteiger partial charge in [-0.1, -0.05) is 6.92 Å². The Balaban J connectivity index is 0.00000192. The first-order chi connectivity index (χ1) is 10.6. The fourth-order valence-electron chi connectivity index (χ4n) is 2.56. The second-order valence-corrected chi connectivity index (χ2v) is 5.95. The molecule has 1 heterocycles. The number of guanidine groups is 1. The van der Waals surface area contributed by atoms with Crippen LogP contribution in [0.15, 0.2) is 27.6 Å². The van der Waals surface area contributed by atoms with Crippen molar-refractivity contribution in [2.24, 2.45) is 10.9 Å². The predicted octanol–water partition coefficient (Wildman–Crippen LogP) is 3.96. The highest BCUT2D eigenvalue weighted by molar-refractivity contribution is 14.0. The highest BCUT2D eigenvalue weighted by atomic mass is 127. The molecule has 1 aromatic carbocycles. The zero-order chi connectivity index (χ0) is 15.7. The smallest absolute Gasteiger partial charge is 0.191 e. The number of hydrogen-bond donors (Lipinski definition) is 2. The molecule has 0 radical (unpaired) electrons. The number of fused-ring (bicyclic) bond motifs is 1. The minimum Gasteiger partial charge on any atom is -0.459 e. The third-order valence-electron chi connectivity index (χ3n) is 4.15. The molecular formula is C17H23FIN3O. The normalized spacial score (nSPS) is 20.3. The van der Waals surface area contributed by atoms with Gasteiger partial charge in [0, 0.05) is 23.5 Å². The summed E-state index contributed by atoms with van der Waals surface area (Å²) in [6.07, 6.45) is 1.19. The molecule has 0 spiro atoms. The number of rotatable bonds is 4. The van der Waals surface area contributed by atoms with Crippen molar-refractivity contribution >= 4 is 40.9 Å². The Bertz CT molecular complexity index is 713. The molecule has 1 aliphatic carbocycles. The van der Waals surface area contributed by atoms with Gasteiger partial charge in [0.25, 0.3) is 0 Å². The molecular weight excluding hydrogens is 408 g/mol. The Kier molecular flexibility index (Phi) is 5.89. The molecule has 1 aliphatic rings. The van der Waals surface area contributed by atoms with Crippen LogP contribution >= 0.6 is 24.0 Å². The van der Waals surface area contributed by atoms with E-state index >= 15 is 0 Å². The zero-order valence-electron chi connectivity index (χ0n) is 13.6. The molecule has 2 N–H and O–H groups in total. The van der Waals surface area contributed by atoms with Crippen LogP contribution in [0.2, 0.25) is 0 Å². The van der Waals surface area contributed by atoms with Crippen LogP contribution in [0.5, 0.6) is 0 Å². The van der Waals surface area contributed by atoms with Gasteiger partial charge in [-0.2, -0.15) is 0 Å². The maximum atomic E-state index is 13.3. The van der Waals surface area contributed by atoms with E-state index in [1.54, 1.807) is 6.07 Å². The van der Waals surface area contributed by atoms with Gasteiger partial charge in [0.05, 0.1) is 0 Å². The second-order valence-electron chi connectivity index (χ2n) is 5.95. The molecule has 0 amide bonds. The number of aliphatic imine (C=N–C) groups is 1. The van der Waals surface area contributed by atoms with Gasteiger partial charge in [-0.3, -0.25) is 0 Å². The van der Waals surface area contributed by atoms with E-state index in [0.717, 1.165) is 29.2 Å². The molecule has 1 fully saturated rings. The lowest BCUT2D eigenvalue weighted by Crippen LogP contribution is -2.39. The van der Waals surface area contributed by atoms with Crippen LogP contribution < -0.4 is 10.6 Å². The van der Waals surface area contributed by atoms with E-state index in [2.05, 4.69) is 22.5 Å². The zero-order valence-corrected chi connectivity index (χ0v) is 16.0. The fourth-order valence-corrected chi connectivity index (χ4v) is 2.56. The average molecular weight is 431 g/mol. The molecule has 1 saturated carbocycles. The Morgan fingerprint density at radius 3 is 2.83 bits per heavy atom. The predicted molar refractivity (Wildman–Crippen MR) is 102 cm³/mol. The van der Waals surface area contributed by atoms with Crippen molar-refractivity contribution in [3.05, 3.63) is 35.3 Å². The first-order valence-corrected chi connectivity index (χ1v) is 7.81. The van der Waals surface area contributed by atoms with Crippen molar-refractivity contribution in [1.82, 2.24) is 10.6 Å². The van der Waals surface area contributed by atoms with Crippen LogP contribution in [0.4, 0.5) is 4.39 Å². The number of benzene rings is 1. The number of aryl methyl sites for hydroxylation is 1. The molecule has 4 nitrogen and oxygen atoms in total. The maximum Gasteiger partial charge on any atom is 0.191 e. The number of halogens is 2. The minimum absolute atomic E-state index is 0. The Morgan fingerprint density at radius 1 is 1.43 bits per heavy atom. The first-order valence-electron chi connectivity index (χ1n) is 7.81. The summed E-state index contributed by atoms with van der Waals surface area (Å²) in [6, 6.07) is 5.11. The van der Waals surface area contributed by atoms with E-state index in [9.17, 15) is 4.39 Å². The van der Waals surface area contributed by atoms with Crippen LogP contribution in [0.3, 0.4) is 0 Å². The SMILES string of the molecule is CCNC(=NCc1oc2ccc(F)cc2c1C)NC1CC1C.I. The number of hydrogen-bond acceptors (Lipinski definition) is 2. The number of nitrogens with zero attached hydrogens (tertiary/aromatic N) is 1. The van der Waals surface area contributed by atoms with Gasteiger partial charge < -0.3 is 15.1 Å². The molecule has 0 aliphatic heterocycles. The Morgan fingerprint density at radius 2 is 2.17 bits per heavy atom. The molecule has 0 saturated heterocycles. The number of nitrogens with one attached hydrogen (secondary N) is 2. The largest absolute Gasteiger partial charge is 0.459 e. The van der Waals surface area contributed by atoms with Crippen LogP contribution in [0.1, 0.15) is 31.6 Å². The molecule has 1 aromatic heterocycles. The summed E-state index contributed by atoms with van der Waals surface area (Å²) >= 11 is 0. The van der Waals surface area contributed by atoms with Crippen molar-refractivity contribution in [3.63, 3.8) is 0 Å². The van der Waals surface area contributed by atoms with Crippen molar-refractivity contribution in [2.45, 2.75) is 39.8 Å². The third-order valence-corrected chi connectivity index (χ3v) is 4.15. The fraction of sp³-hybridized carbons (Fsp3) is 0.471. The standard InChI is InChI=1S/C17H22FN3O.HI/c1-4-19-17(21-14-7-10(14)2)20-9-16-11(3)13-8-12(18)5-6-15(13)22-16;/h5-6,8,10,14H,4,7,9H2,1-3H3,(H2,19,20,21);1H. The van der Waals surface area contributed by atoms with Gasteiger partial charge in [-0.25, -0.2) is 9.38 Å². The third kappa shape index (κ3) is 4.16. The summed E-state index contributed by atoms with van der Waals surface area (Å²) in [6.45, 7) is 7.47. The van der Waals surface area contributed by atoms with E-state index in [1.807, 2.05) is 13.8 Å². The summed E-state index contributed by atoms with van der Waals surface area (Å²) in [5, 5.41) is 7.47. The van der Waals surface area contributed by atoms with E-state index in [1.165, 1.54) is 18.6 Å². The van der Waals surface area contributed by atoms with Gasteiger partial charge >= 0.3 is 0 Å². The molecule has 0 bridgehead atoms. The second kappa shape index (κ2) is 7.51. The molecule has 126 valence electrons. The molecule has 6 heteroatoms. The van der Waals surface area contributed by atoms with Gasteiger partial charge in [-0.15, -0.1) is 24.0 Å². The van der Waals surface area contributed by atoms with Crippen LogP contribution in [-0.4, -0.2) is 18.5 Å². The Hall–Kier alpha value is -1.31. The molecule has 3 rings (SSSR count). The first kappa shape index (κ1) is 18.0. The van der Waals surface area contributed by atoms with Gasteiger partial charge in [0.2, 0.25) is 0 Å². The number of furan rings is 1. The molecule has 2 unspecified atom stereocenters. The van der Waals surface area contributed by atoms with Crippen molar-refractivity contribution in [2.75, 3.05) is 6.54 Å². The summed E-state index contributed by atoms with van der Waals surface area (Å²) in [4.78, 5) is 4.58. The highest BCUT2D eigenvalue weighted by Gasteiger charge is 2.33. The van der Waals surface area contributed by atoms with Crippen LogP contribution in [-0.2, 0) is 6.54 Å².